The fraction of sp³-hybridized carbons (Fsp3) is 0.176. The molecule has 3 heteroatoms. The molecule has 1 nitrogen and oxygen atoms in total. The van der Waals surface area contributed by atoms with Crippen molar-refractivity contribution >= 4 is 33.7 Å². The zero-order valence-corrected chi connectivity index (χ0v) is 13.1. The highest BCUT2D eigenvalue weighted by atomic mass is 35.5. The number of benzene rings is 2. The van der Waals surface area contributed by atoms with Crippen molar-refractivity contribution in [3.63, 3.8) is 0 Å². The van der Waals surface area contributed by atoms with E-state index in [-0.39, 0.29) is 6.04 Å². The molecule has 0 fully saturated rings. The van der Waals surface area contributed by atoms with Crippen LogP contribution in [0.15, 0.2) is 48.5 Å². The normalized spacial score (nSPS) is 12.8. The molecule has 0 aliphatic rings. The van der Waals surface area contributed by atoms with E-state index in [4.69, 9.17) is 11.6 Å². The molecule has 1 unspecified atom stereocenters. The van der Waals surface area contributed by atoms with Crippen LogP contribution in [0.3, 0.4) is 0 Å². The number of fused-ring (bicyclic) bond motifs is 1. The van der Waals surface area contributed by atoms with Crippen molar-refractivity contribution in [2.24, 2.45) is 0 Å². The van der Waals surface area contributed by atoms with E-state index in [0.717, 1.165) is 9.90 Å². The zero-order valence-electron chi connectivity index (χ0n) is 11.5. The summed E-state index contributed by atoms with van der Waals surface area (Å²) in [6.07, 6.45) is 0. The van der Waals surface area contributed by atoms with E-state index in [1.165, 1.54) is 21.2 Å². The van der Waals surface area contributed by atoms with Crippen molar-refractivity contribution in [3.8, 4) is 0 Å². The van der Waals surface area contributed by atoms with E-state index in [9.17, 15) is 0 Å². The maximum absolute atomic E-state index is 6.20. The molecule has 0 radical (unpaired) electrons. The molecule has 1 N–H and O–H groups in total. The lowest BCUT2D eigenvalue weighted by atomic mass is 10.0. The van der Waals surface area contributed by atoms with Gasteiger partial charge in [0.15, 0.2) is 0 Å². The van der Waals surface area contributed by atoms with Crippen LogP contribution in [0.1, 0.15) is 22.0 Å². The van der Waals surface area contributed by atoms with Crippen LogP contribution in [0.25, 0.3) is 10.8 Å². The van der Waals surface area contributed by atoms with Gasteiger partial charge in [-0.15, -0.1) is 11.3 Å². The van der Waals surface area contributed by atoms with Crippen molar-refractivity contribution in [2.45, 2.75) is 13.0 Å². The maximum atomic E-state index is 6.20. The van der Waals surface area contributed by atoms with Gasteiger partial charge >= 0.3 is 0 Å². The topological polar surface area (TPSA) is 12.0 Å². The third-order valence-corrected chi connectivity index (χ3v) is 5.18. The monoisotopic (exact) mass is 301 g/mol. The van der Waals surface area contributed by atoms with Crippen LogP contribution >= 0.6 is 22.9 Å². The summed E-state index contributed by atoms with van der Waals surface area (Å²) in [5, 5.41) is 5.93. The van der Waals surface area contributed by atoms with Crippen LogP contribution in [0.2, 0.25) is 4.34 Å². The van der Waals surface area contributed by atoms with E-state index in [1.807, 2.05) is 7.05 Å². The quantitative estimate of drug-likeness (QED) is 0.703. The predicted octanol–water partition coefficient (Wildman–Crippen LogP) is 5.17. The van der Waals surface area contributed by atoms with E-state index in [0.29, 0.717) is 0 Å². The first kappa shape index (κ1) is 13.6. The molecule has 1 atom stereocenters. The van der Waals surface area contributed by atoms with Gasteiger partial charge in [-0.1, -0.05) is 48.0 Å². The molecule has 1 aromatic heterocycles. The van der Waals surface area contributed by atoms with Crippen molar-refractivity contribution in [1.29, 1.82) is 0 Å². The molecule has 1 heterocycles. The van der Waals surface area contributed by atoms with Crippen LogP contribution in [0.5, 0.6) is 0 Å². The number of nitrogens with one attached hydrogen (secondary N) is 1. The predicted molar refractivity (Wildman–Crippen MR) is 88.9 cm³/mol. The van der Waals surface area contributed by atoms with Gasteiger partial charge < -0.3 is 5.32 Å². The van der Waals surface area contributed by atoms with E-state index in [2.05, 4.69) is 60.8 Å². The Morgan fingerprint density at radius 1 is 1.05 bits per heavy atom. The second-order valence-electron chi connectivity index (χ2n) is 4.93. The number of rotatable bonds is 3. The Labute approximate surface area is 128 Å². The van der Waals surface area contributed by atoms with Crippen molar-refractivity contribution in [3.05, 3.63) is 68.9 Å². The molecule has 0 saturated carbocycles. The Bertz CT molecular complexity index is 728. The highest BCUT2D eigenvalue weighted by Crippen LogP contribution is 2.34. The molecule has 0 aliphatic heterocycles. The standard InChI is InChI=1S/C17H16ClNS/c1-11-9-15(20-17(11)18)16(19-2)14-8-7-12-5-3-4-6-13(12)10-14/h3-10,16,19H,1-2H3. The summed E-state index contributed by atoms with van der Waals surface area (Å²) < 4.78 is 0.876. The van der Waals surface area contributed by atoms with Crippen LogP contribution in [0, 0.1) is 6.92 Å². The van der Waals surface area contributed by atoms with Gasteiger partial charge in [0.05, 0.1) is 10.4 Å². The first-order valence-electron chi connectivity index (χ1n) is 6.61. The number of halogens is 1. The van der Waals surface area contributed by atoms with E-state index < -0.39 is 0 Å². The largest absolute Gasteiger partial charge is 0.309 e. The summed E-state index contributed by atoms with van der Waals surface area (Å²) in [4.78, 5) is 1.25. The molecule has 0 aliphatic carbocycles. The first-order valence-corrected chi connectivity index (χ1v) is 7.80. The molecule has 102 valence electrons. The van der Waals surface area contributed by atoms with Gasteiger partial charge in [-0.3, -0.25) is 0 Å². The Balaban J connectivity index is 2.06. The number of thiophene rings is 1. The summed E-state index contributed by atoms with van der Waals surface area (Å²) in [6, 6.07) is 17.4. The van der Waals surface area contributed by atoms with Gasteiger partial charge in [0.25, 0.3) is 0 Å². The molecule has 3 aromatic rings. The molecule has 0 saturated heterocycles. The van der Waals surface area contributed by atoms with Crippen LogP contribution in [-0.2, 0) is 0 Å². The highest BCUT2D eigenvalue weighted by molar-refractivity contribution is 7.16. The minimum Gasteiger partial charge on any atom is -0.309 e. The molecule has 0 amide bonds. The lowest BCUT2D eigenvalue weighted by Gasteiger charge is -2.15. The summed E-state index contributed by atoms with van der Waals surface area (Å²) in [7, 11) is 1.99. The van der Waals surface area contributed by atoms with E-state index in [1.54, 1.807) is 11.3 Å². The van der Waals surface area contributed by atoms with Crippen molar-refractivity contribution < 1.29 is 0 Å². The molecular weight excluding hydrogens is 286 g/mol. The lowest BCUT2D eigenvalue weighted by Crippen LogP contribution is -2.16. The molecule has 20 heavy (non-hydrogen) atoms. The summed E-state index contributed by atoms with van der Waals surface area (Å²) in [5.74, 6) is 0. The third kappa shape index (κ3) is 2.47. The van der Waals surface area contributed by atoms with Crippen molar-refractivity contribution in [2.75, 3.05) is 7.05 Å². The van der Waals surface area contributed by atoms with Gasteiger partial charge in [0.2, 0.25) is 0 Å². The van der Waals surface area contributed by atoms with Gasteiger partial charge in [-0.05, 0) is 48.0 Å². The smallest absolute Gasteiger partial charge is 0.0961 e. The average molecular weight is 302 g/mol. The van der Waals surface area contributed by atoms with E-state index >= 15 is 0 Å². The first-order chi connectivity index (χ1) is 9.69. The minimum absolute atomic E-state index is 0.191. The van der Waals surface area contributed by atoms with Crippen LogP contribution in [-0.4, -0.2) is 7.05 Å². The van der Waals surface area contributed by atoms with Crippen LogP contribution < -0.4 is 5.32 Å². The van der Waals surface area contributed by atoms with Gasteiger partial charge in [0.1, 0.15) is 0 Å². The molecule has 3 rings (SSSR count). The van der Waals surface area contributed by atoms with Gasteiger partial charge in [-0.25, -0.2) is 0 Å². The number of aryl methyl sites for hydroxylation is 1. The maximum Gasteiger partial charge on any atom is 0.0961 e. The second kappa shape index (κ2) is 5.57. The SMILES string of the molecule is CNC(c1ccc2ccccc2c1)c1cc(C)c(Cl)s1. The fourth-order valence-electron chi connectivity index (χ4n) is 2.49. The third-order valence-electron chi connectivity index (χ3n) is 3.56. The molecule has 0 bridgehead atoms. The summed E-state index contributed by atoms with van der Waals surface area (Å²) in [6.45, 7) is 2.05. The molecule has 2 aromatic carbocycles. The van der Waals surface area contributed by atoms with Crippen molar-refractivity contribution in [1.82, 2.24) is 5.32 Å². The Morgan fingerprint density at radius 2 is 1.80 bits per heavy atom. The van der Waals surface area contributed by atoms with Gasteiger partial charge in [0, 0.05) is 4.88 Å². The lowest BCUT2D eigenvalue weighted by molar-refractivity contribution is 0.704. The number of hydrogen-bond donors (Lipinski definition) is 1. The number of hydrogen-bond acceptors (Lipinski definition) is 2. The second-order valence-corrected chi connectivity index (χ2v) is 6.62. The molecular formula is C17H16ClNS. The minimum atomic E-state index is 0.191. The zero-order chi connectivity index (χ0) is 14.1. The molecule has 0 spiro atoms. The Morgan fingerprint density at radius 3 is 2.45 bits per heavy atom. The summed E-state index contributed by atoms with van der Waals surface area (Å²) >= 11 is 7.85. The summed E-state index contributed by atoms with van der Waals surface area (Å²) in [5.41, 5.74) is 2.41. The fourth-order valence-corrected chi connectivity index (χ4v) is 3.84. The Kier molecular flexibility index (Phi) is 3.79. The highest BCUT2D eigenvalue weighted by Gasteiger charge is 2.16. The van der Waals surface area contributed by atoms with Crippen LogP contribution in [0.4, 0.5) is 0 Å². The Hall–Kier alpha value is -1.35. The van der Waals surface area contributed by atoms with Gasteiger partial charge in [-0.2, -0.15) is 0 Å². The average Bonchev–Trinajstić information content (AvgIpc) is 2.79.